The van der Waals surface area contributed by atoms with Gasteiger partial charge in [0.2, 0.25) is 0 Å². The lowest BCUT2D eigenvalue weighted by Gasteiger charge is -2.11. The lowest BCUT2D eigenvalue weighted by atomic mass is 10.1. The average molecular weight is 293 g/mol. The number of phenolic OH excluding ortho intramolecular Hbond substituents is 1. The summed E-state index contributed by atoms with van der Waals surface area (Å²) in [6.07, 6.45) is 0.790. The summed E-state index contributed by atoms with van der Waals surface area (Å²) in [7, 11) is 0. The van der Waals surface area contributed by atoms with Gasteiger partial charge in [-0.2, -0.15) is 8.78 Å². The number of ether oxygens (including phenoxy) is 1. The number of alkyl halides is 2. The van der Waals surface area contributed by atoms with Crippen LogP contribution in [0, 0.1) is 0 Å². The lowest BCUT2D eigenvalue weighted by molar-refractivity contribution is -0.0504. The first-order valence-electron chi connectivity index (χ1n) is 6.66. The summed E-state index contributed by atoms with van der Waals surface area (Å²) in [5.41, 5.74) is 1.79. The van der Waals surface area contributed by atoms with Crippen LogP contribution in [0.25, 0.3) is 0 Å². The topological polar surface area (TPSA) is 41.5 Å². The van der Waals surface area contributed by atoms with E-state index in [-0.39, 0.29) is 11.5 Å². The zero-order valence-electron chi connectivity index (χ0n) is 11.4. The van der Waals surface area contributed by atoms with Crippen LogP contribution in [0.2, 0.25) is 0 Å². The molecule has 0 spiro atoms. The number of para-hydroxylation sites is 1. The molecule has 0 fully saturated rings. The molecule has 0 amide bonds. The summed E-state index contributed by atoms with van der Waals surface area (Å²) in [6, 6.07) is 13.7. The van der Waals surface area contributed by atoms with E-state index in [1.54, 1.807) is 30.3 Å². The predicted molar refractivity (Wildman–Crippen MR) is 76.6 cm³/mol. The minimum absolute atomic E-state index is 0.199. The van der Waals surface area contributed by atoms with Gasteiger partial charge in [-0.1, -0.05) is 30.3 Å². The van der Waals surface area contributed by atoms with Crippen molar-refractivity contribution in [2.24, 2.45) is 0 Å². The van der Waals surface area contributed by atoms with Gasteiger partial charge in [0.25, 0.3) is 0 Å². The first-order valence-corrected chi connectivity index (χ1v) is 6.66. The van der Waals surface area contributed by atoms with Crippen LogP contribution in [-0.2, 0) is 13.0 Å². The van der Waals surface area contributed by atoms with E-state index in [1.165, 1.54) is 6.07 Å². The number of halogens is 2. The highest BCUT2D eigenvalue weighted by Crippen LogP contribution is 2.19. The van der Waals surface area contributed by atoms with Crippen molar-refractivity contribution in [2.45, 2.75) is 19.6 Å². The van der Waals surface area contributed by atoms with Gasteiger partial charge in [-0.25, -0.2) is 0 Å². The van der Waals surface area contributed by atoms with Crippen molar-refractivity contribution in [2.75, 3.05) is 6.54 Å². The SMILES string of the molecule is Oc1ccc(CCNCc2ccccc2OC(F)F)cc1. The molecule has 0 aliphatic heterocycles. The Morgan fingerprint density at radius 2 is 1.76 bits per heavy atom. The standard InChI is InChI=1S/C16H17F2NO2/c17-16(18)21-15-4-2-1-3-13(15)11-19-10-9-12-5-7-14(20)8-6-12/h1-8,16,19-20H,9-11H2. The van der Waals surface area contributed by atoms with E-state index in [0.717, 1.165) is 12.0 Å². The lowest BCUT2D eigenvalue weighted by Crippen LogP contribution is -2.17. The molecule has 0 unspecified atom stereocenters. The zero-order chi connectivity index (χ0) is 15.1. The Morgan fingerprint density at radius 1 is 1.05 bits per heavy atom. The number of hydrogen-bond donors (Lipinski definition) is 2. The number of nitrogens with one attached hydrogen (secondary N) is 1. The highest BCUT2D eigenvalue weighted by atomic mass is 19.3. The van der Waals surface area contributed by atoms with Gasteiger partial charge in [0.1, 0.15) is 11.5 Å². The van der Waals surface area contributed by atoms with Crippen molar-refractivity contribution in [3.05, 3.63) is 59.7 Å². The summed E-state index contributed by atoms with van der Waals surface area (Å²) < 4.78 is 29.0. The van der Waals surface area contributed by atoms with Gasteiger partial charge in [-0.3, -0.25) is 0 Å². The molecule has 5 heteroatoms. The van der Waals surface area contributed by atoms with E-state index in [9.17, 15) is 13.9 Å². The monoisotopic (exact) mass is 293 g/mol. The molecule has 0 saturated carbocycles. The summed E-state index contributed by atoms with van der Waals surface area (Å²) in [5, 5.41) is 12.4. The molecule has 21 heavy (non-hydrogen) atoms. The molecule has 0 heterocycles. The Kier molecular flexibility index (Phi) is 5.51. The molecule has 0 atom stereocenters. The molecule has 0 aromatic heterocycles. The summed E-state index contributed by atoms with van der Waals surface area (Å²) in [4.78, 5) is 0. The van der Waals surface area contributed by atoms with Gasteiger partial charge >= 0.3 is 6.61 Å². The smallest absolute Gasteiger partial charge is 0.387 e. The Balaban J connectivity index is 1.82. The maximum Gasteiger partial charge on any atom is 0.387 e. The molecule has 0 aliphatic carbocycles. The van der Waals surface area contributed by atoms with Crippen LogP contribution in [0.3, 0.4) is 0 Å². The van der Waals surface area contributed by atoms with Crippen molar-refractivity contribution in [1.82, 2.24) is 5.32 Å². The van der Waals surface area contributed by atoms with Crippen LogP contribution in [0.1, 0.15) is 11.1 Å². The van der Waals surface area contributed by atoms with E-state index in [1.807, 2.05) is 12.1 Å². The number of hydrogen-bond acceptors (Lipinski definition) is 3. The Labute approximate surface area is 122 Å². The highest BCUT2D eigenvalue weighted by Gasteiger charge is 2.08. The van der Waals surface area contributed by atoms with Crippen molar-refractivity contribution in [1.29, 1.82) is 0 Å². The number of aromatic hydroxyl groups is 1. The fraction of sp³-hybridized carbons (Fsp3) is 0.250. The molecule has 3 nitrogen and oxygen atoms in total. The van der Waals surface area contributed by atoms with E-state index in [2.05, 4.69) is 10.1 Å². The highest BCUT2D eigenvalue weighted by molar-refractivity contribution is 5.33. The van der Waals surface area contributed by atoms with Crippen molar-refractivity contribution in [3.63, 3.8) is 0 Å². The first-order chi connectivity index (χ1) is 10.1. The quantitative estimate of drug-likeness (QED) is 0.769. The van der Waals surface area contributed by atoms with Crippen LogP contribution >= 0.6 is 0 Å². The second-order valence-electron chi connectivity index (χ2n) is 4.58. The normalized spacial score (nSPS) is 10.8. The van der Waals surface area contributed by atoms with E-state index in [0.29, 0.717) is 18.7 Å². The molecule has 2 aromatic rings. The van der Waals surface area contributed by atoms with Crippen LogP contribution in [-0.4, -0.2) is 18.3 Å². The Hall–Kier alpha value is -2.14. The number of rotatable bonds is 7. The van der Waals surface area contributed by atoms with Gasteiger partial charge in [0.05, 0.1) is 0 Å². The second kappa shape index (κ2) is 7.59. The van der Waals surface area contributed by atoms with Crippen LogP contribution in [0.4, 0.5) is 8.78 Å². The van der Waals surface area contributed by atoms with Crippen LogP contribution in [0.15, 0.2) is 48.5 Å². The fourth-order valence-corrected chi connectivity index (χ4v) is 1.98. The van der Waals surface area contributed by atoms with Crippen LogP contribution in [0.5, 0.6) is 11.5 Å². The zero-order valence-corrected chi connectivity index (χ0v) is 11.4. The third-order valence-electron chi connectivity index (χ3n) is 3.03. The maximum absolute atomic E-state index is 12.3. The molecular formula is C16H17F2NO2. The van der Waals surface area contributed by atoms with E-state index >= 15 is 0 Å². The predicted octanol–water partition coefficient (Wildman–Crippen LogP) is 3.33. The Bertz CT molecular complexity index is 558. The second-order valence-corrected chi connectivity index (χ2v) is 4.58. The largest absolute Gasteiger partial charge is 0.508 e. The molecule has 112 valence electrons. The maximum atomic E-state index is 12.3. The molecule has 0 saturated heterocycles. The van der Waals surface area contributed by atoms with Gasteiger partial charge in [-0.05, 0) is 36.7 Å². The first kappa shape index (κ1) is 15.3. The van der Waals surface area contributed by atoms with Gasteiger partial charge in [0, 0.05) is 12.1 Å². The minimum Gasteiger partial charge on any atom is -0.508 e. The van der Waals surface area contributed by atoms with E-state index < -0.39 is 6.61 Å². The van der Waals surface area contributed by atoms with Crippen molar-refractivity contribution in [3.8, 4) is 11.5 Å². The summed E-state index contributed by atoms with van der Waals surface area (Å²) in [5.74, 6) is 0.439. The number of benzene rings is 2. The number of phenols is 1. The molecule has 2 rings (SSSR count). The van der Waals surface area contributed by atoms with Gasteiger partial charge in [-0.15, -0.1) is 0 Å². The molecular weight excluding hydrogens is 276 g/mol. The van der Waals surface area contributed by atoms with Crippen molar-refractivity contribution < 1.29 is 18.6 Å². The molecule has 0 bridgehead atoms. The molecule has 0 radical (unpaired) electrons. The van der Waals surface area contributed by atoms with Crippen molar-refractivity contribution >= 4 is 0 Å². The third-order valence-corrected chi connectivity index (χ3v) is 3.03. The van der Waals surface area contributed by atoms with Gasteiger partial charge < -0.3 is 15.2 Å². The average Bonchev–Trinajstić information content (AvgIpc) is 2.46. The Morgan fingerprint density at radius 3 is 2.48 bits per heavy atom. The molecule has 2 N–H and O–H groups in total. The van der Waals surface area contributed by atoms with Gasteiger partial charge in [0.15, 0.2) is 0 Å². The van der Waals surface area contributed by atoms with E-state index in [4.69, 9.17) is 0 Å². The summed E-state index contributed by atoms with van der Waals surface area (Å²) in [6.45, 7) is -1.66. The third kappa shape index (κ3) is 5.04. The van der Waals surface area contributed by atoms with Crippen LogP contribution < -0.4 is 10.1 Å². The fourth-order valence-electron chi connectivity index (χ4n) is 1.98. The molecule has 0 aliphatic rings. The molecule has 2 aromatic carbocycles. The summed E-state index contributed by atoms with van der Waals surface area (Å²) >= 11 is 0. The minimum atomic E-state index is -2.82.